The zero-order valence-corrected chi connectivity index (χ0v) is 12.0. The minimum absolute atomic E-state index is 0.0111. The Balaban J connectivity index is 2.46. The molecule has 1 heterocycles. The number of hydrogen-bond acceptors (Lipinski definition) is 5. The lowest BCUT2D eigenvalue weighted by atomic mass is 10.2. The molecule has 0 amide bonds. The number of hydrogen-bond donors (Lipinski definition) is 0. The Hall–Kier alpha value is -2.55. The van der Waals surface area contributed by atoms with E-state index in [-0.39, 0.29) is 22.4 Å². The second-order valence-corrected chi connectivity index (χ2v) is 4.91. The summed E-state index contributed by atoms with van der Waals surface area (Å²) < 4.78 is 1.37. The molecule has 0 radical (unpaired) electrons. The van der Waals surface area contributed by atoms with Crippen LogP contribution in [0.2, 0.25) is 0 Å². The second-order valence-electron chi connectivity index (χ2n) is 4.12. The van der Waals surface area contributed by atoms with Gasteiger partial charge in [-0.3, -0.25) is 25.0 Å². The van der Waals surface area contributed by atoms with Gasteiger partial charge >= 0.3 is 0 Å². The van der Waals surface area contributed by atoms with Crippen LogP contribution in [0.15, 0.2) is 45.8 Å². The first-order chi connectivity index (χ1) is 9.90. The molecule has 0 aliphatic rings. The van der Waals surface area contributed by atoms with Crippen LogP contribution in [0.1, 0.15) is 5.56 Å². The maximum atomic E-state index is 11.7. The molecule has 0 unspecified atom stereocenters. The van der Waals surface area contributed by atoms with Crippen molar-refractivity contribution in [3.05, 3.63) is 77.1 Å². The van der Waals surface area contributed by atoms with Gasteiger partial charge in [0.1, 0.15) is 4.47 Å². The van der Waals surface area contributed by atoms with Crippen LogP contribution in [-0.2, 0) is 6.54 Å². The summed E-state index contributed by atoms with van der Waals surface area (Å²) in [5, 5.41) is 21.6. The van der Waals surface area contributed by atoms with Gasteiger partial charge in [-0.2, -0.15) is 0 Å². The summed E-state index contributed by atoms with van der Waals surface area (Å²) in [5.74, 6) is 0. The fourth-order valence-electron chi connectivity index (χ4n) is 1.76. The van der Waals surface area contributed by atoms with Crippen LogP contribution < -0.4 is 5.56 Å². The molecule has 0 saturated carbocycles. The number of nitro groups is 2. The Kier molecular flexibility index (Phi) is 4.13. The van der Waals surface area contributed by atoms with E-state index in [1.165, 1.54) is 12.1 Å². The standard InChI is InChI=1S/C12H8BrN3O5/c13-12-8(2-1-3-10(12)16(20)21)6-14-7-9(15(18)19)4-5-11(14)17/h1-5,7H,6H2. The predicted octanol–water partition coefficient (Wildman–Crippen LogP) is 2.48. The van der Waals surface area contributed by atoms with Crippen LogP contribution in [0.3, 0.4) is 0 Å². The molecule has 2 aromatic rings. The van der Waals surface area contributed by atoms with E-state index in [1.807, 2.05) is 0 Å². The molecule has 9 heteroatoms. The van der Waals surface area contributed by atoms with Gasteiger partial charge < -0.3 is 4.57 Å². The molecule has 108 valence electrons. The highest BCUT2D eigenvalue weighted by atomic mass is 79.9. The van der Waals surface area contributed by atoms with E-state index in [1.54, 1.807) is 6.07 Å². The first-order valence-electron chi connectivity index (χ1n) is 5.67. The second kappa shape index (κ2) is 5.83. The third kappa shape index (κ3) is 3.14. The number of rotatable bonds is 4. The van der Waals surface area contributed by atoms with Gasteiger partial charge in [0.2, 0.25) is 0 Å². The average Bonchev–Trinajstić information content (AvgIpc) is 2.42. The number of nitrogens with zero attached hydrogens (tertiary/aromatic N) is 3. The zero-order chi connectivity index (χ0) is 15.6. The van der Waals surface area contributed by atoms with E-state index in [0.29, 0.717) is 5.56 Å². The van der Waals surface area contributed by atoms with Crippen molar-refractivity contribution in [3.63, 3.8) is 0 Å². The molecule has 0 bridgehead atoms. The number of halogens is 1. The minimum atomic E-state index is -0.613. The summed E-state index contributed by atoms with van der Waals surface area (Å²) >= 11 is 3.12. The molecule has 0 saturated heterocycles. The van der Waals surface area contributed by atoms with Crippen molar-refractivity contribution in [3.8, 4) is 0 Å². The highest BCUT2D eigenvalue weighted by molar-refractivity contribution is 9.10. The zero-order valence-electron chi connectivity index (χ0n) is 10.4. The molecule has 8 nitrogen and oxygen atoms in total. The van der Waals surface area contributed by atoms with Gasteiger partial charge in [0, 0.05) is 18.2 Å². The lowest BCUT2D eigenvalue weighted by molar-refractivity contribution is -0.385. The molecule has 2 rings (SSSR count). The molecule has 1 aromatic carbocycles. The molecular weight excluding hydrogens is 346 g/mol. The van der Waals surface area contributed by atoms with Crippen LogP contribution in [-0.4, -0.2) is 14.4 Å². The van der Waals surface area contributed by atoms with Crippen molar-refractivity contribution < 1.29 is 9.85 Å². The summed E-state index contributed by atoms with van der Waals surface area (Å²) in [6, 6.07) is 6.61. The van der Waals surface area contributed by atoms with E-state index in [4.69, 9.17) is 0 Å². The normalized spacial score (nSPS) is 10.3. The fraction of sp³-hybridized carbons (Fsp3) is 0.0833. The lowest BCUT2D eigenvalue weighted by Gasteiger charge is -2.07. The minimum Gasteiger partial charge on any atom is -0.304 e. The highest BCUT2D eigenvalue weighted by Gasteiger charge is 2.16. The van der Waals surface area contributed by atoms with Gasteiger partial charge in [-0.15, -0.1) is 0 Å². The van der Waals surface area contributed by atoms with E-state index in [0.717, 1.165) is 22.9 Å². The first-order valence-corrected chi connectivity index (χ1v) is 6.46. The quantitative estimate of drug-likeness (QED) is 0.619. The maximum absolute atomic E-state index is 11.7. The van der Waals surface area contributed by atoms with Crippen molar-refractivity contribution in [2.45, 2.75) is 6.54 Å². The molecule has 0 atom stereocenters. The number of pyridine rings is 1. The summed E-state index contributed by atoms with van der Waals surface area (Å²) in [7, 11) is 0. The molecule has 0 spiro atoms. The third-order valence-corrected chi connectivity index (χ3v) is 3.69. The summed E-state index contributed by atoms with van der Waals surface area (Å²) in [6.07, 6.45) is 1.10. The first kappa shape index (κ1) is 14.9. The van der Waals surface area contributed by atoms with Crippen molar-refractivity contribution in [1.82, 2.24) is 4.57 Å². The van der Waals surface area contributed by atoms with Crippen LogP contribution in [0, 0.1) is 20.2 Å². The summed E-state index contributed by atoms with van der Waals surface area (Å²) in [6.45, 7) is -0.0111. The highest BCUT2D eigenvalue weighted by Crippen LogP contribution is 2.28. The molecule has 1 aromatic heterocycles. The Bertz CT molecular complexity index is 787. The molecule has 0 aliphatic carbocycles. The van der Waals surface area contributed by atoms with E-state index >= 15 is 0 Å². The van der Waals surface area contributed by atoms with Crippen molar-refractivity contribution >= 4 is 27.3 Å². The van der Waals surface area contributed by atoms with Gasteiger partial charge in [-0.1, -0.05) is 12.1 Å². The predicted molar refractivity (Wildman–Crippen MR) is 77.3 cm³/mol. The Labute approximate surface area is 126 Å². The van der Waals surface area contributed by atoms with Gasteiger partial charge in [-0.25, -0.2) is 0 Å². The fourth-order valence-corrected chi connectivity index (χ4v) is 2.30. The van der Waals surface area contributed by atoms with E-state index in [9.17, 15) is 25.0 Å². The van der Waals surface area contributed by atoms with Crippen LogP contribution in [0.25, 0.3) is 0 Å². The smallest absolute Gasteiger partial charge is 0.285 e. The Morgan fingerprint density at radius 3 is 2.43 bits per heavy atom. The van der Waals surface area contributed by atoms with Gasteiger partial charge in [-0.05, 0) is 21.5 Å². The van der Waals surface area contributed by atoms with Crippen LogP contribution >= 0.6 is 15.9 Å². The monoisotopic (exact) mass is 353 g/mol. The van der Waals surface area contributed by atoms with Crippen molar-refractivity contribution in [2.24, 2.45) is 0 Å². The topological polar surface area (TPSA) is 108 Å². The van der Waals surface area contributed by atoms with Crippen LogP contribution in [0.4, 0.5) is 11.4 Å². The average molecular weight is 354 g/mol. The van der Waals surface area contributed by atoms with Gasteiger partial charge in [0.25, 0.3) is 16.9 Å². The van der Waals surface area contributed by atoms with Gasteiger partial charge in [0.15, 0.2) is 0 Å². The molecular formula is C12H8BrN3O5. The largest absolute Gasteiger partial charge is 0.304 e. The SMILES string of the molecule is O=c1ccc([N+](=O)[O-])cn1Cc1cccc([N+](=O)[O-])c1Br. The molecule has 0 aliphatic heterocycles. The van der Waals surface area contributed by atoms with E-state index < -0.39 is 15.4 Å². The molecule has 21 heavy (non-hydrogen) atoms. The van der Waals surface area contributed by atoms with E-state index in [2.05, 4.69) is 15.9 Å². The Morgan fingerprint density at radius 1 is 1.10 bits per heavy atom. The number of aromatic nitrogens is 1. The number of nitro benzene ring substituents is 1. The number of benzene rings is 1. The van der Waals surface area contributed by atoms with Crippen molar-refractivity contribution in [1.29, 1.82) is 0 Å². The van der Waals surface area contributed by atoms with Crippen LogP contribution in [0.5, 0.6) is 0 Å². The third-order valence-electron chi connectivity index (χ3n) is 2.77. The summed E-state index contributed by atoms with van der Waals surface area (Å²) in [5.41, 5.74) is -0.312. The lowest BCUT2D eigenvalue weighted by Crippen LogP contribution is -2.19. The molecule has 0 fully saturated rings. The summed E-state index contributed by atoms with van der Waals surface area (Å²) in [4.78, 5) is 32.1. The van der Waals surface area contributed by atoms with Crippen molar-refractivity contribution in [2.75, 3.05) is 0 Å². The maximum Gasteiger partial charge on any atom is 0.285 e. The molecule has 0 N–H and O–H groups in total. The Morgan fingerprint density at radius 2 is 1.81 bits per heavy atom. The van der Waals surface area contributed by atoms with Gasteiger partial charge in [0.05, 0.1) is 22.6 Å².